The predicted molar refractivity (Wildman–Crippen MR) is 107 cm³/mol. The average Bonchev–Trinajstić information content (AvgIpc) is 3.38. The van der Waals surface area contributed by atoms with Gasteiger partial charge in [-0.05, 0) is 49.9 Å². The SMILES string of the molecule is CCC(NC(=O)COc1ccc(Cl)cc1)C1CC1NC(=O)CCCCBr. The van der Waals surface area contributed by atoms with Crippen molar-refractivity contribution in [1.82, 2.24) is 10.6 Å². The van der Waals surface area contributed by atoms with Crippen LogP contribution in [0.2, 0.25) is 5.02 Å². The van der Waals surface area contributed by atoms with Crippen LogP contribution in [-0.2, 0) is 9.59 Å². The largest absolute Gasteiger partial charge is 0.484 e. The highest BCUT2D eigenvalue weighted by atomic mass is 79.9. The zero-order valence-electron chi connectivity index (χ0n) is 15.0. The first-order valence-electron chi connectivity index (χ1n) is 9.06. The molecule has 0 radical (unpaired) electrons. The Labute approximate surface area is 168 Å². The molecule has 0 spiro atoms. The molecule has 2 rings (SSSR count). The molecule has 0 bridgehead atoms. The van der Waals surface area contributed by atoms with E-state index in [1.54, 1.807) is 24.3 Å². The van der Waals surface area contributed by atoms with E-state index in [9.17, 15) is 9.59 Å². The van der Waals surface area contributed by atoms with Crippen molar-refractivity contribution >= 4 is 39.3 Å². The maximum atomic E-state index is 12.1. The fraction of sp³-hybridized carbons (Fsp3) is 0.579. The second-order valence-electron chi connectivity index (χ2n) is 6.54. The molecule has 0 heterocycles. The summed E-state index contributed by atoms with van der Waals surface area (Å²) in [4.78, 5) is 24.0. The molecule has 1 aromatic carbocycles. The van der Waals surface area contributed by atoms with Crippen molar-refractivity contribution in [3.05, 3.63) is 29.3 Å². The molecule has 3 atom stereocenters. The summed E-state index contributed by atoms with van der Waals surface area (Å²) in [5.74, 6) is 0.865. The highest BCUT2D eigenvalue weighted by Gasteiger charge is 2.43. The standard InChI is InChI=1S/C19H26BrClN2O3/c1-2-16(15-11-17(15)23-18(24)5-3-4-10-20)22-19(25)12-26-14-8-6-13(21)7-9-14/h6-9,15-17H,2-5,10-12H2,1H3,(H,22,25)(H,23,24). The molecule has 1 fully saturated rings. The van der Waals surface area contributed by atoms with Gasteiger partial charge < -0.3 is 15.4 Å². The van der Waals surface area contributed by atoms with Gasteiger partial charge in [-0.2, -0.15) is 0 Å². The van der Waals surface area contributed by atoms with Crippen LogP contribution in [0.4, 0.5) is 0 Å². The quantitative estimate of drug-likeness (QED) is 0.403. The van der Waals surface area contributed by atoms with Gasteiger partial charge in [-0.25, -0.2) is 0 Å². The molecule has 7 heteroatoms. The van der Waals surface area contributed by atoms with Gasteiger partial charge >= 0.3 is 0 Å². The van der Waals surface area contributed by atoms with E-state index in [1.165, 1.54) is 0 Å². The molecule has 26 heavy (non-hydrogen) atoms. The van der Waals surface area contributed by atoms with E-state index in [-0.39, 0.29) is 30.5 Å². The third-order valence-corrected chi connectivity index (χ3v) is 5.27. The van der Waals surface area contributed by atoms with Crippen LogP contribution in [0.1, 0.15) is 39.0 Å². The lowest BCUT2D eigenvalue weighted by atomic mass is 10.1. The Kier molecular flexibility index (Phi) is 8.72. The number of carbonyl (C=O) groups excluding carboxylic acids is 2. The van der Waals surface area contributed by atoms with Crippen molar-refractivity contribution < 1.29 is 14.3 Å². The molecule has 1 aliphatic carbocycles. The molecule has 2 N–H and O–H groups in total. The van der Waals surface area contributed by atoms with Gasteiger partial charge in [0, 0.05) is 34.8 Å². The van der Waals surface area contributed by atoms with Crippen LogP contribution in [-0.4, -0.2) is 35.8 Å². The molecule has 3 unspecified atom stereocenters. The number of hydrogen-bond acceptors (Lipinski definition) is 3. The first-order valence-corrected chi connectivity index (χ1v) is 10.6. The number of rotatable bonds is 11. The molecular formula is C19H26BrClN2O3. The molecule has 2 amide bonds. The van der Waals surface area contributed by atoms with Crippen LogP contribution in [0.25, 0.3) is 0 Å². The second kappa shape index (κ2) is 10.8. The molecular weight excluding hydrogens is 420 g/mol. The van der Waals surface area contributed by atoms with Gasteiger partial charge in [0.1, 0.15) is 5.75 Å². The van der Waals surface area contributed by atoms with Gasteiger partial charge in [0.25, 0.3) is 5.91 Å². The summed E-state index contributed by atoms with van der Waals surface area (Å²) in [6.07, 6.45) is 4.20. The zero-order valence-corrected chi connectivity index (χ0v) is 17.3. The monoisotopic (exact) mass is 444 g/mol. The van der Waals surface area contributed by atoms with Gasteiger partial charge in [0.15, 0.2) is 6.61 Å². The summed E-state index contributed by atoms with van der Waals surface area (Å²) in [5.41, 5.74) is 0. The van der Waals surface area contributed by atoms with E-state index in [1.807, 2.05) is 6.92 Å². The summed E-state index contributed by atoms with van der Waals surface area (Å²) in [6.45, 7) is 2.01. The molecule has 144 valence electrons. The maximum Gasteiger partial charge on any atom is 0.258 e. The molecule has 0 aliphatic heterocycles. The van der Waals surface area contributed by atoms with E-state index < -0.39 is 0 Å². The van der Waals surface area contributed by atoms with E-state index >= 15 is 0 Å². The Morgan fingerprint density at radius 2 is 2.00 bits per heavy atom. The van der Waals surface area contributed by atoms with Crippen LogP contribution >= 0.6 is 27.5 Å². The zero-order chi connectivity index (χ0) is 18.9. The lowest BCUT2D eigenvalue weighted by molar-refractivity contribution is -0.124. The Hall–Kier alpha value is -1.27. The van der Waals surface area contributed by atoms with Crippen molar-refractivity contribution in [1.29, 1.82) is 0 Å². The number of carbonyl (C=O) groups is 2. The molecule has 1 aliphatic rings. The van der Waals surface area contributed by atoms with E-state index in [4.69, 9.17) is 16.3 Å². The van der Waals surface area contributed by atoms with Gasteiger partial charge in [0.05, 0.1) is 0 Å². The summed E-state index contributed by atoms with van der Waals surface area (Å²) in [5, 5.41) is 7.63. The number of hydrogen-bond donors (Lipinski definition) is 2. The van der Waals surface area contributed by atoms with E-state index in [0.717, 1.165) is 31.0 Å². The normalized spacial score (nSPS) is 19.5. The number of nitrogens with one attached hydrogen (secondary N) is 2. The third kappa shape index (κ3) is 7.16. The summed E-state index contributed by atoms with van der Waals surface area (Å²) in [6, 6.07) is 7.14. The van der Waals surface area contributed by atoms with Crippen molar-refractivity contribution in [2.75, 3.05) is 11.9 Å². The number of unbranched alkanes of at least 4 members (excludes halogenated alkanes) is 1. The van der Waals surface area contributed by atoms with Crippen molar-refractivity contribution in [2.45, 2.75) is 51.1 Å². The first kappa shape index (κ1) is 21.0. The smallest absolute Gasteiger partial charge is 0.258 e. The minimum Gasteiger partial charge on any atom is -0.484 e. The second-order valence-corrected chi connectivity index (χ2v) is 7.77. The highest BCUT2D eigenvalue weighted by molar-refractivity contribution is 9.09. The third-order valence-electron chi connectivity index (χ3n) is 4.46. The van der Waals surface area contributed by atoms with Crippen molar-refractivity contribution in [3.8, 4) is 5.75 Å². The minimum absolute atomic E-state index is 0.0333. The average molecular weight is 446 g/mol. The Balaban J connectivity index is 1.69. The molecule has 1 aromatic rings. The molecule has 0 aromatic heterocycles. The van der Waals surface area contributed by atoms with E-state index in [2.05, 4.69) is 26.6 Å². The first-order chi connectivity index (χ1) is 12.5. The number of benzene rings is 1. The molecule has 1 saturated carbocycles. The van der Waals surface area contributed by atoms with Crippen LogP contribution in [0.15, 0.2) is 24.3 Å². The fourth-order valence-corrected chi connectivity index (χ4v) is 3.45. The highest BCUT2D eigenvalue weighted by Crippen LogP contribution is 2.35. The number of alkyl halides is 1. The predicted octanol–water partition coefficient (Wildman–Crippen LogP) is 3.68. The lowest BCUT2D eigenvalue weighted by Gasteiger charge is -2.17. The van der Waals surface area contributed by atoms with Crippen LogP contribution in [0, 0.1) is 5.92 Å². The summed E-state index contributed by atoms with van der Waals surface area (Å²) >= 11 is 9.19. The number of amides is 2. The Morgan fingerprint density at radius 3 is 2.65 bits per heavy atom. The van der Waals surface area contributed by atoms with Gasteiger partial charge in [-0.3, -0.25) is 9.59 Å². The van der Waals surface area contributed by atoms with Crippen molar-refractivity contribution in [2.24, 2.45) is 5.92 Å². The summed E-state index contributed by atoms with van der Waals surface area (Å²) < 4.78 is 5.47. The maximum absolute atomic E-state index is 12.1. The summed E-state index contributed by atoms with van der Waals surface area (Å²) in [7, 11) is 0. The van der Waals surface area contributed by atoms with E-state index in [0.29, 0.717) is 23.1 Å². The van der Waals surface area contributed by atoms with Gasteiger partial charge in [0.2, 0.25) is 5.91 Å². The number of ether oxygens (including phenoxy) is 1. The van der Waals surface area contributed by atoms with Crippen LogP contribution < -0.4 is 15.4 Å². The van der Waals surface area contributed by atoms with Gasteiger partial charge in [-0.15, -0.1) is 0 Å². The Bertz CT molecular complexity index is 597. The molecule has 5 nitrogen and oxygen atoms in total. The van der Waals surface area contributed by atoms with Crippen molar-refractivity contribution in [3.63, 3.8) is 0 Å². The molecule has 0 saturated heterocycles. The van der Waals surface area contributed by atoms with Crippen LogP contribution in [0.3, 0.4) is 0 Å². The lowest BCUT2D eigenvalue weighted by Crippen LogP contribution is -2.41. The Morgan fingerprint density at radius 1 is 1.27 bits per heavy atom. The number of halogens is 2. The van der Waals surface area contributed by atoms with Gasteiger partial charge in [-0.1, -0.05) is 34.5 Å². The minimum atomic E-state index is -0.152. The van der Waals surface area contributed by atoms with Crippen LogP contribution in [0.5, 0.6) is 5.75 Å². The fourth-order valence-electron chi connectivity index (χ4n) is 2.92. The topological polar surface area (TPSA) is 67.4 Å².